The zero-order valence-corrected chi connectivity index (χ0v) is 20.8. The number of halogens is 1. The van der Waals surface area contributed by atoms with E-state index in [9.17, 15) is 14.0 Å². The molecular weight excluding hydrogens is 471 g/mol. The number of hydrogen-bond acceptors (Lipinski definition) is 3. The number of nitrogens with zero attached hydrogens (tertiary/aromatic N) is 1. The molecule has 184 valence electrons. The molecule has 0 radical (unpaired) electrons. The zero-order valence-electron chi connectivity index (χ0n) is 20.0. The summed E-state index contributed by atoms with van der Waals surface area (Å²) < 4.78 is 13.9. The van der Waals surface area contributed by atoms with Gasteiger partial charge in [0.2, 0.25) is 11.8 Å². The van der Waals surface area contributed by atoms with E-state index in [0.29, 0.717) is 11.3 Å². The van der Waals surface area contributed by atoms with Crippen LogP contribution in [0.1, 0.15) is 49.3 Å². The Balaban J connectivity index is 1.62. The topological polar surface area (TPSA) is 49.4 Å². The van der Waals surface area contributed by atoms with Crippen molar-refractivity contribution in [2.24, 2.45) is 0 Å². The maximum atomic E-state index is 14.0. The fourth-order valence-electron chi connectivity index (χ4n) is 5.08. The molecule has 4 nitrogen and oxygen atoms in total. The van der Waals surface area contributed by atoms with Crippen LogP contribution in [0.5, 0.6) is 0 Å². The molecule has 1 atom stereocenters. The number of nitrogens with one attached hydrogen (secondary N) is 1. The minimum Gasteiger partial charge on any atom is -0.351 e. The van der Waals surface area contributed by atoms with Gasteiger partial charge in [0.05, 0.1) is 12.1 Å². The molecule has 1 heterocycles. The predicted molar refractivity (Wildman–Crippen MR) is 144 cm³/mol. The van der Waals surface area contributed by atoms with Crippen molar-refractivity contribution in [2.45, 2.75) is 50.6 Å². The third-order valence-corrected chi connectivity index (χ3v) is 7.61. The van der Waals surface area contributed by atoms with E-state index < -0.39 is 6.04 Å². The van der Waals surface area contributed by atoms with Crippen LogP contribution in [0.25, 0.3) is 10.8 Å². The molecule has 2 amide bonds. The van der Waals surface area contributed by atoms with Crippen molar-refractivity contribution in [3.05, 3.63) is 101 Å². The highest BCUT2D eigenvalue weighted by Gasteiger charge is 2.34. The van der Waals surface area contributed by atoms with Crippen molar-refractivity contribution < 1.29 is 14.0 Å². The summed E-state index contributed by atoms with van der Waals surface area (Å²) in [7, 11) is 0. The van der Waals surface area contributed by atoms with Gasteiger partial charge >= 0.3 is 0 Å². The molecule has 0 bridgehead atoms. The maximum Gasteiger partial charge on any atom is 0.248 e. The Bertz CT molecular complexity index is 1330. The second-order valence-corrected chi connectivity index (χ2v) is 10.1. The first-order valence-corrected chi connectivity index (χ1v) is 13.4. The Labute approximate surface area is 214 Å². The number of fused-ring (bicyclic) bond motifs is 1. The van der Waals surface area contributed by atoms with Crippen LogP contribution in [0.3, 0.4) is 0 Å². The van der Waals surface area contributed by atoms with Gasteiger partial charge < -0.3 is 5.32 Å². The molecule has 1 aliphatic carbocycles. The largest absolute Gasteiger partial charge is 0.351 e. The fraction of sp³-hybridized carbons (Fsp3) is 0.267. The summed E-state index contributed by atoms with van der Waals surface area (Å²) in [5.74, 6) is -0.801. The molecule has 4 aromatic rings. The normalized spacial score (nSPS) is 14.9. The van der Waals surface area contributed by atoms with Gasteiger partial charge in [0.25, 0.3) is 0 Å². The SMILES string of the molecule is O=C(NC1CCCCC1)[C@H](c1ccc(F)cc1)N(C(=O)Cc1ccsc1)c1cccc2ccccc12. The Morgan fingerprint density at radius 1 is 0.944 bits per heavy atom. The van der Waals surface area contributed by atoms with Crippen molar-refractivity contribution in [3.8, 4) is 0 Å². The van der Waals surface area contributed by atoms with Gasteiger partial charge in [-0.15, -0.1) is 0 Å². The van der Waals surface area contributed by atoms with Gasteiger partial charge in [-0.2, -0.15) is 11.3 Å². The summed E-state index contributed by atoms with van der Waals surface area (Å²) >= 11 is 1.54. The molecule has 1 fully saturated rings. The number of rotatable bonds is 7. The van der Waals surface area contributed by atoms with Gasteiger partial charge in [-0.05, 0) is 64.4 Å². The molecule has 36 heavy (non-hydrogen) atoms. The van der Waals surface area contributed by atoms with Gasteiger partial charge in [0.1, 0.15) is 11.9 Å². The van der Waals surface area contributed by atoms with Gasteiger partial charge in [-0.1, -0.05) is 67.8 Å². The average Bonchev–Trinajstić information content (AvgIpc) is 3.41. The third-order valence-electron chi connectivity index (χ3n) is 6.87. The summed E-state index contributed by atoms with van der Waals surface area (Å²) in [6.45, 7) is 0. The van der Waals surface area contributed by atoms with Crippen molar-refractivity contribution >= 4 is 39.6 Å². The van der Waals surface area contributed by atoms with E-state index in [1.807, 2.05) is 59.3 Å². The number of anilines is 1. The lowest BCUT2D eigenvalue weighted by Gasteiger charge is -2.34. The molecular formula is C30H29FN2O2S. The molecule has 1 saturated carbocycles. The van der Waals surface area contributed by atoms with Crippen LogP contribution in [0.2, 0.25) is 0 Å². The van der Waals surface area contributed by atoms with Gasteiger partial charge in [0, 0.05) is 11.4 Å². The van der Waals surface area contributed by atoms with E-state index in [1.165, 1.54) is 29.9 Å². The minimum absolute atomic E-state index is 0.0792. The third kappa shape index (κ3) is 5.34. The highest BCUT2D eigenvalue weighted by atomic mass is 32.1. The molecule has 0 spiro atoms. The van der Waals surface area contributed by atoms with Gasteiger partial charge in [0.15, 0.2) is 0 Å². The summed E-state index contributed by atoms with van der Waals surface area (Å²) in [5.41, 5.74) is 2.15. The van der Waals surface area contributed by atoms with E-state index in [0.717, 1.165) is 42.0 Å². The van der Waals surface area contributed by atoms with Crippen LogP contribution < -0.4 is 10.2 Å². The molecule has 1 aliphatic rings. The van der Waals surface area contributed by atoms with E-state index in [-0.39, 0.29) is 30.1 Å². The monoisotopic (exact) mass is 500 g/mol. The van der Waals surface area contributed by atoms with Crippen LogP contribution in [-0.4, -0.2) is 17.9 Å². The number of carbonyl (C=O) groups excluding carboxylic acids is 2. The van der Waals surface area contributed by atoms with E-state index in [4.69, 9.17) is 0 Å². The van der Waals surface area contributed by atoms with E-state index in [2.05, 4.69) is 5.32 Å². The first-order chi connectivity index (χ1) is 17.6. The lowest BCUT2D eigenvalue weighted by molar-refractivity contribution is -0.127. The van der Waals surface area contributed by atoms with Crippen LogP contribution in [-0.2, 0) is 16.0 Å². The van der Waals surface area contributed by atoms with Gasteiger partial charge in [-0.3, -0.25) is 14.5 Å². The Kier molecular flexibility index (Phi) is 7.42. The molecule has 6 heteroatoms. The number of carbonyl (C=O) groups is 2. The quantitative estimate of drug-likeness (QED) is 0.303. The highest BCUT2D eigenvalue weighted by molar-refractivity contribution is 7.08. The van der Waals surface area contributed by atoms with Crippen LogP contribution in [0.4, 0.5) is 10.1 Å². The number of thiophene rings is 1. The molecule has 0 aliphatic heterocycles. The predicted octanol–water partition coefficient (Wildman–Crippen LogP) is 6.81. The van der Waals surface area contributed by atoms with Crippen LogP contribution in [0.15, 0.2) is 83.6 Å². The van der Waals surface area contributed by atoms with E-state index in [1.54, 1.807) is 17.0 Å². The number of amides is 2. The molecule has 1 N–H and O–H groups in total. The first-order valence-electron chi connectivity index (χ1n) is 12.5. The minimum atomic E-state index is -0.926. The highest BCUT2D eigenvalue weighted by Crippen LogP contribution is 2.35. The molecule has 3 aromatic carbocycles. The lowest BCUT2D eigenvalue weighted by atomic mass is 9.94. The zero-order chi connectivity index (χ0) is 24.9. The summed E-state index contributed by atoms with van der Waals surface area (Å²) in [6.07, 6.45) is 5.36. The van der Waals surface area contributed by atoms with Gasteiger partial charge in [-0.25, -0.2) is 4.39 Å². The van der Waals surface area contributed by atoms with E-state index >= 15 is 0 Å². The van der Waals surface area contributed by atoms with Crippen molar-refractivity contribution in [3.63, 3.8) is 0 Å². The van der Waals surface area contributed by atoms with Crippen molar-refractivity contribution in [1.82, 2.24) is 5.32 Å². The average molecular weight is 501 g/mol. The van der Waals surface area contributed by atoms with Crippen LogP contribution >= 0.6 is 11.3 Å². The number of hydrogen-bond donors (Lipinski definition) is 1. The smallest absolute Gasteiger partial charge is 0.248 e. The molecule has 1 aromatic heterocycles. The van der Waals surface area contributed by atoms with Crippen molar-refractivity contribution in [1.29, 1.82) is 0 Å². The Hall–Kier alpha value is -3.51. The lowest BCUT2D eigenvalue weighted by Crippen LogP contribution is -2.47. The first kappa shape index (κ1) is 24.2. The second kappa shape index (κ2) is 11.0. The fourth-order valence-corrected chi connectivity index (χ4v) is 5.75. The second-order valence-electron chi connectivity index (χ2n) is 9.37. The molecule has 0 saturated heterocycles. The number of benzene rings is 3. The summed E-state index contributed by atoms with van der Waals surface area (Å²) in [4.78, 5) is 29.6. The Morgan fingerprint density at radius 3 is 2.44 bits per heavy atom. The van der Waals surface area contributed by atoms with Crippen molar-refractivity contribution in [2.75, 3.05) is 4.90 Å². The standard InChI is InChI=1S/C30H29FN2O2S/c31-24-15-13-23(14-16-24)29(30(35)32-25-9-2-1-3-10-25)33(28(34)19-21-17-18-36-20-21)27-12-6-8-22-7-4-5-11-26(22)27/h4-8,11-18,20,25,29H,1-3,9-10,19H2,(H,32,35)/t29-/m0/s1. The Morgan fingerprint density at radius 2 is 1.69 bits per heavy atom. The maximum absolute atomic E-state index is 14.0. The van der Waals surface area contributed by atoms with Crippen LogP contribution in [0, 0.1) is 5.82 Å². The molecule has 0 unspecified atom stereocenters. The summed E-state index contributed by atoms with van der Waals surface area (Å²) in [5, 5.41) is 8.98. The summed E-state index contributed by atoms with van der Waals surface area (Å²) in [6, 6.07) is 20.6. The molecule has 5 rings (SSSR count).